The van der Waals surface area contributed by atoms with Crippen LogP contribution in [0.1, 0.15) is 0 Å². The van der Waals surface area contributed by atoms with Crippen LogP contribution in [0, 0.1) is 0 Å². The van der Waals surface area contributed by atoms with Crippen LogP contribution in [0.15, 0.2) is 29.4 Å². The van der Waals surface area contributed by atoms with Crippen LogP contribution in [0.4, 0.5) is 4.79 Å². The van der Waals surface area contributed by atoms with Gasteiger partial charge in [-0.1, -0.05) is 11.8 Å². The van der Waals surface area contributed by atoms with Crippen molar-refractivity contribution in [3.05, 3.63) is 24.3 Å². The highest BCUT2D eigenvalue weighted by Crippen LogP contribution is 2.24. The Kier molecular flexibility index (Phi) is 4.99. The van der Waals surface area contributed by atoms with Gasteiger partial charge in [0.05, 0.1) is 12.9 Å². The second-order valence-electron chi connectivity index (χ2n) is 4.29. The number of hydrogen-bond acceptors (Lipinski definition) is 6. The minimum atomic E-state index is -0.873. The lowest BCUT2D eigenvalue weighted by Gasteiger charge is -2.05. The summed E-state index contributed by atoms with van der Waals surface area (Å²) in [4.78, 5) is 21.9. The van der Waals surface area contributed by atoms with E-state index in [1.165, 1.54) is 11.8 Å². The van der Waals surface area contributed by atoms with Crippen LogP contribution < -0.4 is 15.8 Å². The van der Waals surface area contributed by atoms with Gasteiger partial charge in [0.2, 0.25) is 5.91 Å². The minimum Gasteiger partial charge on any atom is -0.497 e. The smallest absolute Gasteiger partial charge is 0.318 e. The molecule has 2 rings (SSSR count). The zero-order chi connectivity index (χ0) is 16.1. The molecule has 2 aromatic rings. The lowest BCUT2D eigenvalue weighted by atomic mass is 10.2. The number of methoxy groups -OCH3 is 1. The number of imide groups is 1. The zero-order valence-corrected chi connectivity index (χ0v) is 12.9. The quantitative estimate of drug-likeness (QED) is 0.787. The Balaban J connectivity index is 2.08. The molecule has 0 aliphatic carbocycles. The molecule has 8 nitrogen and oxygen atoms in total. The molecule has 3 amide bonds. The maximum atomic E-state index is 11.4. The third-order valence-corrected chi connectivity index (χ3v) is 3.80. The van der Waals surface area contributed by atoms with Gasteiger partial charge in [-0.2, -0.15) is 0 Å². The van der Waals surface area contributed by atoms with Crippen molar-refractivity contribution in [2.75, 3.05) is 12.9 Å². The summed E-state index contributed by atoms with van der Waals surface area (Å²) in [5.74, 6) is 0.966. The average molecular weight is 321 g/mol. The Morgan fingerprint density at radius 1 is 1.32 bits per heavy atom. The third kappa shape index (κ3) is 3.76. The molecule has 3 N–H and O–H groups in total. The van der Waals surface area contributed by atoms with Gasteiger partial charge in [0.15, 0.2) is 11.0 Å². The number of hydrogen-bond donors (Lipinski definition) is 2. The molecular weight excluding hydrogens is 306 g/mol. The van der Waals surface area contributed by atoms with Crippen molar-refractivity contribution in [3.8, 4) is 17.1 Å². The summed E-state index contributed by atoms with van der Waals surface area (Å²) in [7, 11) is 3.40. The second-order valence-corrected chi connectivity index (χ2v) is 5.24. The van der Waals surface area contributed by atoms with E-state index in [1.807, 2.05) is 29.6 Å². The molecule has 0 saturated heterocycles. The first-order chi connectivity index (χ1) is 10.5. The highest BCUT2D eigenvalue weighted by atomic mass is 32.2. The molecule has 0 bridgehead atoms. The van der Waals surface area contributed by atoms with Crippen molar-refractivity contribution in [2.45, 2.75) is 5.16 Å². The summed E-state index contributed by atoms with van der Waals surface area (Å²) in [6, 6.07) is 6.53. The number of aromatic nitrogens is 3. The molecule has 1 aromatic carbocycles. The van der Waals surface area contributed by atoms with Crippen molar-refractivity contribution in [1.82, 2.24) is 20.1 Å². The standard InChI is InChI=1S/C13H15N5O3S/c1-18-11(8-3-5-9(21-2)6-4-8)16-17-13(18)22-7-10(19)15-12(14)20/h3-6H,7H2,1-2H3,(H3,14,15,19,20). The van der Waals surface area contributed by atoms with Gasteiger partial charge in [-0.15, -0.1) is 10.2 Å². The monoisotopic (exact) mass is 321 g/mol. The first-order valence-electron chi connectivity index (χ1n) is 6.27. The number of amides is 3. The number of nitrogens with one attached hydrogen (secondary N) is 1. The van der Waals surface area contributed by atoms with E-state index in [-0.39, 0.29) is 5.75 Å². The Morgan fingerprint density at radius 3 is 2.59 bits per heavy atom. The maximum Gasteiger partial charge on any atom is 0.318 e. The number of primary amides is 1. The van der Waals surface area contributed by atoms with Gasteiger partial charge in [-0.05, 0) is 24.3 Å². The van der Waals surface area contributed by atoms with Gasteiger partial charge in [0.25, 0.3) is 0 Å². The predicted molar refractivity (Wildman–Crippen MR) is 81.4 cm³/mol. The van der Waals surface area contributed by atoms with E-state index >= 15 is 0 Å². The number of thioether (sulfide) groups is 1. The van der Waals surface area contributed by atoms with Crippen molar-refractivity contribution in [3.63, 3.8) is 0 Å². The van der Waals surface area contributed by atoms with E-state index in [9.17, 15) is 9.59 Å². The lowest BCUT2D eigenvalue weighted by Crippen LogP contribution is -2.36. The molecule has 116 valence electrons. The molecule has 0 unspecified atom stereocenters. The molecule has 0 radical (unpaired) electrons. The van der Waals surface area contributed by atoms with Gasteiger partial charge < -0.3 is 15.0 Å². The largest absolute Gasteiger partial charge is 0.497 e. The second kappa shape index (κ2) is 6.94. The maximum absolute atomic E-state index is 11.4. The Hall–Kier alpha value is -2.55. The van der Waals surface area contributed by atoms with Crippen LogP contribution in [0.25, 0.3) is 11.4 Å². The summed E-state index contributed by atoms with van der Waals surface area (Å²) in [5.41, 5.74) is 5.75. The number of rotatable bonds is 5. The van der Waals surface area contributed by atoms with Gasteiger partial charge in [0, 0.05) is 12.6 Å². The van der Waals surface area contributed by atoms with E-state index < -0.39 is 11.9 Å². The van der Waals surface area contributed by atoms with Crippen molar-refractivity contribution >= 4 is 23.7 Å². The van der Waals surface area contributed by atoms with E-state index in [0.717, 1.165) is 11.3 Å². The first-order valence-corrected chi connectivity index (χ1v) is 7.25. The summed E-state index contributed by atoms with van der Waals surface area (Å²) in [6.45, 7) is 0. The highest BCUT2D eigenvalue weighted by Gasteiger charge is 2.13. The molecule has 1 heterocycles. The summed E-state index contributed by atoms with van der Waals surface area (Å²) >= 11 is 1.17. The van der Waals surface area contributed by atoms with Crippen LogP contribution in [0.3, 0.4) is 0 Å². The Bertz CT molecular complexity index is 683. The average Bonchev–Trinajstić information content (AvgIpc) is 2.85. The fraction of sp³-hybridized carbons (Fsp3) is 0.231. The van der Waals surface area contributed by atoms with Crippen LogP contribution in [-0.4, -0.2) is 39.6 Å². The topological polar surface area (TPSA) is 112 Å². The summed E-state index contributed by atoms with van der Waals surface area (Å²) in [5, 5.41) is 10.7. The number of nitrogens with two attached hydrogens (primary N) is 1. The molecule has 0 aliphatic heterocycles. The van der Waals surface area contributed by atoms with Crippen molar-refractivity contribution < 1.29 is 14.3 Å². The lowest BCUT2D eigenvalue weighted by molar-refractivity contribution is -0.117. The minimum absolute atomic E-state index is 0.0253. The van der Waals surface area contributed by atoms with Crippen molar-refractivity contribution in [2.24, 2.45) is 12.8 Å². The molecule has 0 atom stereocenters. The molecule has 1 aromatic heterocycles. The number of ether oxygens (including phenoxy) is 1. The summed E-state index contributed by atoms with van der Waals surface area (Å²) < 4.78 is 6.88. The molecule has 0 aliphatic rings. The van der Waals surface area contributed by atoms with E-state index in [2.05, 4.69) is 10.2 Å². The zero-order valence-electron chi connectivity index (χ0n) is 12.1. The predicted octanol–water partition coefficient (Wildman–Crippen LogP) is 0.778. The number of carbonyl (C=O) groups is 2. The molecule has 9 heteroatoms. The highest BCUT2D eigenvalue weighted by molar-refractivity contribution is 7.99. The molecule has 0 fully saturated rings. The van der Waals surface area contributed by atoms with E-state index in [4.69, 9.17) is 10.5 Å². The van der Waals surface area contributed by atoms with Gasteiger partial charge in [-0.25, -0.2) is 4.79 Å². The van der Waals surface area contributed by atoms with E-state index in [0.29, 0.717) is 11.0 Å². The molecule has 22 heavy (non-hydrogen) atoms. The van der Waals surface area contributed by atoms with Gasteiger partial charge in [0.1, 0.15) is 5.75 Å². The molecular formula is C13H15N5O3S. The van der Waals surface area contributed by atoms with Crippen LogP contribution in [0.2, 0.25) is 0 Å². The van der Waals surface area contributed by atoms with Crippen molar-refractivity contribution in [1.29, 1.82) is 0 Å². The first kappa shape index (κ1) is 15.8. The van der Waals surface area contributed by atoms with Crippen LogP contribution >= 0.6 is 11.8 Å². The normalized spacial score (nSPS) is 10.3. The van der Waals surface area contributed by atoms with Crippen LogP contribution in [0.5, 0.6) is 5.75 Å². The number of urea groups is 1. The third-order valence-electron chi connectivity index (χ3n) is 2.78. The number of benzene rings is 1. The Labute approximate surface area is 131 Å². The molecule has 0 spiro atoms. The fourth-order valence-electron chi connectivity index (χ4n) is 1.74. The van der Waals surface area contributed by atoms with E-state index in [1.54, 1.807) is 18.7 Å². The van der Waals surface area contributed by atoms with Crippen LogP contribution in [-0.2, 0) is 11.8 Å². The number of nitrogens with zero attached hydrogens (tertiary/aromatic N) is 3. The molecule has 0 saturated carbocycles. The SMILES string of the molecule is COc1ccc(-c2nnc(SCC(=O)NC(N)=O)n2C)cc1. The van der Waals surface area contributed by atoms with Gasteiger partial charge in [-0.3, -0.25) is 10.1 Å². The summed E-state index contributed by atoms with van der Waals surface area (Å²) in [6.07, 6.45) is 0. The Morgan fingerprint density at radius 2 is 2.00 bits per heavy atom. The number of carbonyl (C=O) groups excluding carboxylic acids is 2. The van der Waals surface area contributed by atoms with Gasteiger partial charge >= 0.3 is 6.03 Å². The fourth-order valence-corrected chi connectivity index (χ4v) is 2.45.